The van der Waals surface area contributed by atoms with Crippen molar-refractivity contribution < 1.29 is 81.9 Å². The number of nitrogens with two attached hydrogens (primary N) is 1. The van der Waals surface area contributed by atoms with E-state index in [1.165, 1.54) is 21.0 Å². The zero-order valence-electron chi connectivity index (χ0n) is 70.4. The molecule has 5 fully saturated rings. The maximum absolute atomic E-state index is 13.8. The van der Waals surface area contributed by atoms with E-state index < -0.39 is 82.7 Å². The molecule has 117 heavy (non-hydrogen) atoms. The minimum atomic E-state index is -1.10. The van der Waals surface area contributed by atoms with Gasteiger partial charge in [-0.2, -0.15) is 0 Å². The van der Waals surface area contributed by atoms with Gasteiger partial charge >= 0.3 is 17.9 Å². The first-order chi connectivity index (χ1) is 55.8. The van der Waals surface area contributed by atoms with Gasteiger partial charge in [-0.05, 0) is 159 Å². The van der Waals surface area contributed by atoms with Crippen molar-refractivity contribution in [2.45, 2.75) is 239 Å². The number of anilines is 3. The third-order valence-electron chi connectivity index (χ3n) is 23.6. The van der Waals surface area contributed by atoms with E-state index in [2.05, 4.69) is 21.3 Å². The van der Waals surface area contributed by atoms with Crippen LogP contribution in [0.2, 0.25) is 0 Å². The first-order valence-corrected chi connectivity index (χ1v) is 41.5. The second kappa shape index (κ2) is 43.5. The van der Waals surface area contributed by atoms with E-state index in [1.54, 1.807) is 102 Å². The second-order valence-electron chi connectivity index (χ2n) is 33.5. The number of aliphatic carboxylic acids is 2. The third-order valence-corrected chi connectivity index (χ3v) is 23.6. The zero-order chi connectivity index (χ0) is 85.3. The van der Waals surface area contributed by atoms with Gasteiger partial charge in [-0.1, -0.05) is 177 Å². The Balaban J connectivity index is 0.000000221. The van der Waals surface area contributed by atoms with Crippen LogP contribution in [0, 0.1) is 34.0 Å². The molecule has 8 amide bonds. The molecule has 1 unspecified atom stereocenters. The van der Waals surface area contributed by atoms with Gasteiger partial charge in [-0.15, -0.1) is 0 Å². The quantitative estimate of drug-likeness (QED) is 0.0183. The van der Waals surface area contributed by atoms with Crippen LogP contribution < -0.4 is 36.8 Å². The average molecular weight is 1620 g/mol. The Labute approximate surface area is 689 Å². The molecular formula is C91H125N9O17. The van der Waals surface area contributed by atoms with E-state index in [4.69, 9.17) is 24.7 Å². The number of methoxy groups -OCH3 is 4. The minimum absolute atomic E-state index is 0.104. The number of carbonyl (C=O) groups excluding carboxylic acids is 9. The maximum Gasteiger partial charge on any atom is 0.328 e. The predicted octanol–water partition coefficient (Wildman–Crippen LogP) is 12.2. The average Bonchev–Trinajstić information content (AvgIpc) is 1.60. The van der Waals surface area contributed by atoms with Crippen molar-refractivity contribution in [3.05, 3.63) is 161 Å². The van der Waals surface area contributed by atoms with Crippen LogP contribution in [0.1, 0.15) is 211 Å². The summed E-state index contributed by atoms with van der Waals surface area (Å²) in [5.41, 5.74) is 10.1. The molecule has 3 saturated carbocycles. The van der Waals surface area contributed by atoms with E-state index in [0.29, 0.717) is 98.9 Å². The Morgan fingerprint density at radius 1 is 0.453 bits per heavy atom. The van der Waals surface area contributed by atoms with Gasteiger partial charge in [0, 0.05) is 91.3 Å². The molecule has 3 aliphatic carbocycles. The van der Waals surface area contributed by atoms with E-state index in [1.807, 2.05) is 114 Å². The van der Waals surface area contributed by atoms with E-state index >= 15 is 0 Å². The highest BCUT2D eigenvalue weighted by Crippen LogP contribution is 2.46. The van der Waals surface area contributed by atoms with Crippen molar-refractivity contribution >= 4 is 82.2 Å². The third kappa shape index (κ3) is 24.2. The highest BCUT2D eigenvalue weighted by molar-refractivity contribution is 6.04. The standard InChI is InChI=1S/2C33H43N3O6.C25H39N3O5/c2*1-22(2)20-28-30(38)36(29(35(28)23(3)37)25-10-6-5-7-11-25)26-14-12-24(13-15-26)21-27(31(39)40)34-32(41)33(18-19-42-4)16-8-9-17-33;1-17(2)15-20(26)22(29)27-19-9-7-18(8-10-19)16-21(23(30)33-4)28-24(31)25(13-14-32-3)11-5-6-12-25/h2*5-7,10-15,22,27-29H,8-9,16-21H2,1-4H3,(H,34,41)(H,39,40);7-10,17,20-21H,5-6,11-16,26H2,1-4H3,(H,27,29)(H,28,31)/t27-,28?,29-;27-,28+,29+;20-,21+/m001/s1. The molecule has 636 valence electrons. The largest absolute Gasteiger partial charge is 0.480 e. The van der Waals surface area contributed by atoms with E-state index in [0.717, 1.165) is 93.7 Å². The molecule has 5 aliphatic rings. The number of ether oxygens (including phenoxy) is 4. The Kier molecular flexibility index (Phi) is 34.5. The van der Waals surface area contributed by atoms with Crippen molar-refractivity contribution in [1.29, 1.82) is 0 Å². The molecule has 8 N–H and O–H groups in total. The highest BCUT2D eigenvalue weighted by atomic mass is 16.5. The van der Waals surface area contributed by atoms with Crippen molar-refractivity contribution in [1.82, 2.24) is 25.8 Å². The van der Waals surface area contributed by atoms with Crippen molar-refractivity contribution in [3.63, 3.8) is 0 Å². The Bertz CT molecular complexity index is 3930. The number of esters is 1. The molecule has 26 nitrogen and oxygen atoms in total. The van der Waals surface area contributed by atoms with Gasteiger partial charge < -0.3 is 66.0 Å². The minimum Gasteiger partial charge on any atom is -0.480 e. The summed E-state index contributed by atoms with van der Waals surface area (Å²) in [7, 11) is 6.15. The normalized spacial score (nSPS) is 19.6. The van der Waals surface area contributed by atoms with Crippen LogP contribution in [0.3, 0.4) is 0 Å². The molecule has 10 rings (SSSR count). The van der Waals surface area contributed by atoms with Gasteiger partial charge in [-0.25, -0.2) is 14.4 Å². The Morgan fingerprint density at radius 3 is 1.06 bits per heavy atom. The Morgan fingerprint density at radius 2 is 0.769 bits per heavy atom. The molecule has 26 heteroatoms. The number of rotatable bonds is 36. The van der Waals surface area contributed by atoms with Gasteiger partial charge in [0.15, 0.2) is 0 Å². The van der Waals surface area contributed by atoms with Crippen LogP contribution in [-0.4, -0.2) is 170 Å². The monoisotopic (exact) mass is 1620 g/mol. The van der Waals surface area contributed by atoms with E-state index in [-0.39, 0.29) is 71.9 Å². The van der Waals surface area contributed by atoms with Crippen LogP contribution in [0.4, 0.5) is 17.1 Å². The topological polar surface area (TPSA) is 352 Å². The predicted molar refractivity (Wildman–Crippen MR) is 447 cm³/mol. The van der Waals surface area contributed by atoms with Gasteiger partial charge in [0.2, 0.25) is 35.4 Å². The molecule has 5 aromatic carbocycles. The highest BCUT2D eigenvalue weighted by Gasteiger charge is 2.52. The van der Waals surface area contributed by atoms with Crippen LogP contribution in [0.15, 0.2) is 133 Å². The lowest BCUT2D eigenvalue weighted by Crippen LogP contribution is -2.49. The molecule has 2 saturated heterocycles. The smallest absolute Gasteiger partial charge is 0.328 e. The number of benzene rings is 5. The Hall–Kier alpha value is -9.89. The summed E-state index contributed by atoms with van der Waals surface area (Å²) in [5, 5.41) is 31.3. The molecule has 0 bridgehead atoms. The van der Waals surface area contributed by atoms with Gasteiger partial charge in [0.25, 0.3) is 11.8 Å². The van der Waals surface area contributed by atoms with Gasteiger partial charge in [-0.3, -0.25) is 48.2 Å². The molecule has 8 atom stereocenters. The van der Waals surface area contributed by atoms with Crippen LogP contribution in [0.5, 0.6) is 0 Å². The van der Waals surface area contributed by atoms with Gasteiger partial charge in [0.05, 0.1) is 29.4 Å². The summed E-state index contributed by atoms with van der Waals surface area (Å²) in [6.07, 6.45) is 13.0. The number of carboxylic acids is 2. The summed E-state index contributed by atoms with van der Waals surface area (Å²) >= 11 is 0. The number of carbonyl (C=O) groups is 11. The van der Waals surface area contributed by atoms with Crippen molar-refractivity contribution in [2.24, 2.45) is 39.7 Å². The molecule has 5 aromatic rings. The summed E-state index contributed by atoms with van der Waals surface area (Å²) in [6, 6.07) is 35.8. The molecular weight excluding hydrogens is 1490 g/mol. The second-order valence-corrected chi connectivity index (χ2v) is 33.5. The summed E-state index contributed by atoms with van der Waals surface area (Å²) in [5.74, 6) is -3.37. The molecule has 2 aliphatic heterocycles. The zero-order valence-corrected chi connectivity index (χ0v) is 70.4. The lowest BCUT2D eigenvalue weighted by atomic mass is 9.81. The van der Waals surface area contributed by atoms with Crippen LogP contribution >= 0.6 is 0 Å². The fourth-order valence-electron chi connectivity index (χ4n) is 17.3. The SMILES string of the molecule is COCCC1(C(=O)N[C@@H](Cc2ccc(N3C(=O)C(CC(C)C)N(C(C)=O)[C@@H]3c3ccccc3)cc2)C(=O)O)CCCC1.COCCC1(C(=O)N[C@@H](Cc2ccc(N3C(=O)[C@@H](CC(C)C)N(C(C)=O)[C@H]3c3ccccc3)cc2)C(=O)O)CCCC1.COCCC1(C(=O)N[C@@H](Cc2ccc(NC(=O)[C@H](N)CC(C)C)cc2)C(=O)OC)CCCC1. The fraction of sp³-hybridized carbons (Fsp3) is 0.549. The molecule has 0 spiro atoms. The fourth-order valence-corrected chi connectivity index (χ4v) is 17.3. The maximum atomic E-state index is 13.8. The lowest BCUT2D eigenvalue weighted by molar-refractivity contribution is -0.147. The lowest BCUT2D eigenvalue weighted by Gasteiger charge is -2.31. The summed E-state index contributed by atoms with van der Waals surface area (Å²) < 4.78 is 20.6. The number of nitrogens with one attached hydrogen (secondary N) is 4. The number of amides is 8. The molecule has 0 aromatic heterocycles. The van der Waals surface area contributed by atoms with Crippen molar-refractivity contribution in [3.8, 4) is 0 Å². The van der Waals surface area contributed by atoms with Crippen LogP contribution in [0.25, 0.3) is 0 Å². The number of hydrogen-bond acceptors (Lipinski definition) is 16. The first-order valence-electron chi connectivity index (χ1n) is 41.5. The molecule has 0 radical (unpaired) electrons. The van der Waals surface area contributed by atoms with Crippen molar-refractivity contribution in [2.75, 3.05) is 63.4 Å². The number of nitrogens with zero attached hydrogens (tertiary/aromatic N) is 4. The summed E-state index contributed by atoms with van der Waals surface area (Å²) in [6.45, 7) is 16.6. The van der Waals surface area contributed by atoms with E-state index in [9.17, 15) is 63.0 Å². The molecule has 2 heterocycles. The first kappa shape index (κ1) is 92.6. The summed E-state index contributed by atoms with van der Waals surface area (Å²) in [4.78, 5) is 149. The number of carboxylic acid groups (broad SMARTS) is 2. The number of hydrogen-bond donors (Lipinski definition) is 7. The van der Waals surface area contributed by atoms with Gasteiger partial charge in [0.1, 0.15) is 42.5 Å². The van der Waals surface area contributed by atoms with Crippen LogP contribution in [-0.2, 0) is 90.9 Å².